The lowest BCUT2D eigenvalue weighted by atomic mass is 10.1. The molecule has 3 rings (SSSR count). The first kappa shape index (κ1) is 22.6. The van der Waals surface area contributed by atoms with Crippen LogP contribution in [0.5, 0.6) is 28.7 Å². The van der Waals surface area contributed by atoms with Gasteiger partial charge in [0, 0.05) is 38.3 Å². The standard InChI is InChI=1S/C23H30N2O6/c1-27-18-8-6-7-17(21(18)30-4)23(26)25-13-11-24(12-14-25)15-16-9-10-19(28-2)22(31-5)20(16)29-3/h6-10H,11-15H2,1-5H3. The maximum atomic E-state index is 13.1. The maximum Gasteiger partial charge on any atom is 0.257 e. The summed E-state index contributed by atoms with van der Waals surface area (Å²) < 4.78 is 27.2. The molecule has 0 spiro atoms. The summed E-state index contributed by atoms with van der Waals surface area (Å²) in [5.74, 6) is 2.84. The number of ether oxygens (including phenoxy) is 5. The van der Waals surface area contributed by atoms with Gasteiger partial charge < -0.3 is 28.6 Å². The SMILES string of the molecule is COc1cccc(C(=O)N2CCN(Cc3ccc(OC)c(OC)c3OC)CC2)c1OC. The van der Waals surface area contributed by atoms with Crippen molar-refractivity contribution in [1.82, 2.24) is 9.80 Å². The summed E-state index contributed by atoms with van der Waals surface area (Å²) in [6.45, 7) is 3.42. The van der Waals surface area contributed by atoms with Crippen molar-refractivity contribution in [2.45, 2.75) is 6.54 Å². The van der Waals surface area contributed by atoms with Crippen LogP contribution in [0.15, 0.2) is 30.3 Å². The topological polar surface area (TPSA) is 69.7 Å². The molecule has 0 radical (unpaired) electrons. The molecule has 8 nitrogen and oxygen atoms in total. The van der Waals surface area contributed by atoms with E-state index in [0.717, 1.165) is 18.7 Å². The van der Waals surface area contributed by atoms with Gasteiger partial charge in [0.2, 0.25) is 5.75 Å². The number of benzene rings is 2. The fourth-order valence-corrected chi connectivity index (χ4v) is 3.86. The summed E-state index contributed by atoms with van der Waals surface area (Å²) in [5.41, 5.74) is 1.52. The lowest BCUT2D eigenvalue weighted by Gasteiger charge is -2.35. The normalized spacial score (nSPS) is 14.2. The molecule has 0 bridgehead atoms. The predicted molar refractivity (Wildman–Crippen MR) is 117 cm³/mol. The molecule has 1 aliphatic heterocycles. The molecule has 168 valence electrons. The molecule has 0 unspecified atom stereocenters. The number of methoxy groups -OCH3 is 5. The number of para-hydroxylation sites is 1. The number of hydrogen-bond donors (Lipinski definition) is 0. The summed E-state index contributed by atoms with van der Waals surface area (Å²) in [5, 5.41) is 0. The Morgan fingerprint density at radius 2 is 1.35 bits per heavy atom. The minimum atomic E-state index is -0.0564. The third-order valence-corrected chi connectivity index (χ3v) is 5.47. The van der Waals surface area contributed by atoms with Crippen LogP contribution in [0.1, 0.15) is 15.9 Å². The highest BCUT2D eigenvalue weighted by atomic mass is 16.5. The molecule has 1 amide bonds. The van der Waals surface area contributed by atoms with Crippen molar-refractivity contribution in [3.05, 3.63) is 41.5 Å². The summed E-state index contributed by atoms with van der Waals surface area (Å²) in [6.07, 6.45) is 0. The van der Waals surface area contributed by atoms with Gasteiger partial charge in [-0.3, -0.25) is 9.69 Å². The summed E-state index contributed by atoms with van der Waals surface area (Å²) in [6, 6.07) is 9.22. The average molecular weight is 431 g/mol. The quantitative estimate of drug-likeness (QED) is 0.638. The van der Waals surface area contributed by atoms with Gasteiger partial charge in [0.25, 0.3) is 5.91 Å². The minimum Gasteiger partial charge on any atom is -0.493 e. The van der Waals surface area contributed by atoms with Gasteiger partial charge >= 0.3 is 0 Å². The molecule has 1 heterocycles. The van der Waals surface area contributed by atoms with Gasteiger partial charge in [0.1, 0.15) is 0 Å². The number of hydrogen-bond acceptors (Lipinski definition) is 7. The van der Waals surface area contributed by atoms with E-state index < -0.39 is 0 Å². The second-order valence-corrected chi connectivity index (χ2v) is 7.10. The van der Waals surface area contributed by atoms with Crippen LogP contribution in [0.2, 0.25) is 0 Å². The van der Waals surface area contributed by atoms with Gasteiger partial charge in [-0.05, 0) is 18.2 Å². The number of nitrogens with zero attached hydrogens (tertiary/aromatic N) is 2. The number of carbonyl (C=O) groups is 1. The Balaban J connectivity index is 1.69. The Morgan fingerprint density at radius 1 is 0.742 bits per heavy atom. The van der Waals surface area contributed by atoms with E-state index in [-0.39, 0.29) is 5.91 Å². The lowest BCUT2D eigenvalue weighted by Crippen LogP contribution is -2.48. The summed E-state index contributed by atoms with van der Waals surface area (Å²) in [4.78, 5) is 17.2. The highest BCUT2D eigenvalue weighted by Crippen LogP contribution is 2.40. The first-order valence-corrected chi connectivity index (χ1v) is 10.1. The largest absolute Gasteiger partial charge is 0.493 e. The van der Waals surface area contributed by atoms with E-state index >= 15 is 0 Å². The van der Waals surface area contributed by atoms with E-state index in [0.29, 0.717) is 53.9 Å². The molecule has 8 heteroatoms. The molecule has 0 N–H and O–H groups in total. The fraction of sp³-hybridized carbons (Fsp3) is 0.435. The molecular weight excluding hydrogens is 400 g/mol. The first-order chi connectivity index (χ1) is 15.1. The Hall–Kier alpha value is -3.13. The van der Waals surface area contributed by atoms with Crippen molar-refractivity contribution in [3.63, 3.8) is 0 Å². The molecular formula is C23H30N2O6. The summed E-state index contributed by atoms with van der Waals surface area (Å²) in [7, 11) is 7.93. The molecule has 0 aliphatic carbocycles. The van der Waals surface area contributed by atoms with E-state index in [4.69, 9.17) is 23.7 Å². The van der Waals surface area contributed by atoms with E-state index in [1.165, 1.54) is 0 Å². The van der Waals surface area contributed by atoms with Crippen LogP contribution < -0.4 is 23.7 Å². The van der Waals surface area contributed by atoms with Crippen LogP contribution in [-0.4, -0.2) is 77.4 Å². The zero-order chi connectivity index (χ0) is 22.4. The van der Waals surface area contributed by atoms with Crippen LogP contribution >= 0.6 is 0 Å². The Morgan fingerprint density at radius 3 is 1.94 bits per heavy atom. The first-order valence-electron chi connectivity index (χ1n) is 10.1. The van der Waals surface area contributed by atoms with Crippen molar-refractivity contribution in [3.8, 4) is 28.7 Å². The second kappa shape index (κ2) is 10.3. The number of rotatable bonds is 8. The average Bonchev–Trinajstić information content (AvgIpc) is 2.82. The van der Waals surface area contributed by atoms with Crippen molar-refractivity contribution in [2.75, 3.05) is 61.7 Å². The van der Waals surface area contributed by atoms with Crippen LogP contribution in [0.25, 0.3) is 0 Å². The highest BCUT2D eigenvalue weighted by Gasteiger charge is 2.26. The van der Waals surface area contributed by atoms with Gasteiger partial charge in [-0.15, -0.1) is 0 Å². The van der Waals surface area contributed by atoms with Gasteiger partial charge in [0.15, 0.2) is 23.0 Å². The number of amides is 1. The maximum absolute atomic E-state index is 13.1. The van der Waals surface area contributed by atoms with Gasteiger partial charge in [0.05, 0.1) is 41.1 Å². The molecule has 0 atom stereocenters. The molecule has 0 aromatic heterocycles. The zero-order valence-electron chi connectivity index (χ0n) is 18.8. The predicted octanol–water partition coefficient (Wildman–Crippen LogP) is 2.69. The zero-order valence-corrected chi connectivity index (χ0v) is 18.8. The molecule has 1 saturated heterocycles. The molecule has 2 aromatic rings. The van der Waals surface area contributed by atoms with E-state index in [1.807, 2.05) is 17.0 Å². The van der Waals surface area contributed by atoms with Gasteiger partial charge in [-0.25, -0.2) is 0 Å². The summed E-state index contributed by atoms with van der Waals surface area (Å²) >= 11 is 0. The second-order valence-electron chi connectivity index (χ2n) is 7.10. The van der Waals surface area contributed by atoms with Crippen molar-refractivity contribution < 1.29 is 28.5 Å². The third-order valence-electron chi connectivity index (χ3n) is 5.47. The van der Waals surface area contributed by atoms with Gasteiger partial charge in [-0.1, -0.05) is 12.1 Å². The highest BCUT2D eigenvalue weighted by molar-refractivity contribution is 5.97. The molecule has 2 aromatic carbocycles. The van der Waals surface area contributed by atoms with Crippen LogP contribution in [-0.2, 0) is 6.54 Å². The Kier molecular flexibility index (Phi) is 7.46. The molecule has 1 fully saturated rings. The van der Waals surface area contributed by atoms with Crippen LogP contribution in [0.3, 0.4) is 0 Å². The van der Waals surface area contributed by atoms with E-state index in [1.54, 1.807) is 53.7 Å². The molecule has 0 saturated carbocycles. The Labute approximate surface area is 183 Å². The molecule has 31 heavy (non-hydrogen) atoms. The van der Waals surface area contributed by atoms with Crippen molar-refractivity contribution in [2.24, 2.45) is 0 Å². The van der Waals surface area contributed by atoms with Crippen LogP contribution in [0, 0.1) is 0 Å². The minimum absolute atomic E-state index is 0.0564. The third kappa shape index (κ3) is 4.64. The van der Waals surface area contributed by atoms with E-state index in [9.17, 15) is 4.79 Å². The van der Waals surface area contributed by atoms with Crippen molar-refractivity contribution in [1.29, 1.82) is 0 Å². The smallest absolute Gasteiger partial charge is 0.257 e. The van der Waals surface area contributed by atoms with Gasteiger partial charge in [-0.2, -0.15) is 0 Å². The number of piperazine rings is 1. The monoisotopic (exact) mass is 430 g/mol. The van der Waals surface area contributed by atoms with E-state index in [2.05, 4.69) is 4.90 Å². The number of carbonyl (C=O) groups excluding carboxylic acids is 1. The van der Waals surface area contributed by atoms with Crippen LogP contribution in [0.4, 0.5) is 0 Å². The van der Waals surface area contributed by atoms with Crippen molar-refractivity contribution >= 4 is 5.91 Å². The Bertz CT molecular complexity index is 909. The lowest BCUT2D eigenvalue weighted by molar-refractivity contribution is 0.0623. The molecule has 1 aliphatic rings. The fourth-order valence-electron chi connectivity index (χ4n) is 3.86.